The summed E-state index contributed by atoms with van der Waals surface area (Å²) in [6.07, 6.45) is 19.4. The van der Waals surface area contributed by atoms with Crippen LogP contribution < -0.4 is 5.32 Å². The number of imide groups is 1. The molecule has 32 heavy (non-hydrogen) atoms. The number of amidine groups is 1. The molecule has 0 aromatic heterocycles. The summed E-state index contributed by atoms with van der Waals surface area (Å²) in [7, 11) is 1.72. The predicted molar refractivity (Wildman–Crippen MR) is 136 cm³/mol. The normalized spacial score (nSPS) is 20.5. The molecule has 0 aromatic carbocycles. The van der Waals surface area contributed by atoms with E-state index in [1.54, 1.807) is 23.7 Å². The number of nitrogens with one attached hydrogen (secondary N) is 1. The Morgan fingerprint density at radius 2 is 1.34 bits per heavy atom. The summed E-state index contributed by atoms with van der Waals surface area (Å²) in [6, 6.07) is -0.725. The molecule has 3 amide bonds. The largest absolute Gasteiger partial charge is 0.336 e. The molecule has 2 rings (SSSR count). The van der Waals surface area contributed by atoms with Crippen LogP contribution in [0.3, 0.4) is 0 Å². The number of hydrogen-bond donors (Lipinski definition) is 1. The molecule has 0 bridgehead atoms. The molecule has 1 saturated heterocycles. The molecule has 2 aliphatic heterocycles. The lowest BCUT2D eigenvalue weighted by molar-refractivity contribution is -0.127. The van der Waals surface area contributed by atoms with Crippen LogP contribution in [0.15, 0.2) is 4.99 Å². The van der Waals surface area contributed by atoms with Crippen molar-refractivity contribution in [2.75, 3.05) is 19.3 Å². The molecule has 0 radical (unpaired) electrons. The van der Waals surface area contributed by atoms with Gasteiger partial charge in [-0.05, 0) is 12.8 Å². The van der Waals surface area contributed by atoms with Crippen molar-refractivity contribution in [2.45, 2.75) is 122 Å². The first-order chi connectivity index (χ1) is 15.6. The van der Waals surface area contributed by atoms with E-state index in [4.69, 9.17) is 4.99 Å². The van der Waals surface area contributed by atoms with Crippen LogP contribution in [-0.4, -0.2) is 58.5 Å². The van der Waals surface area contributed by atoms with Crippen LogP contribution in [0, 0.1) is 0 Å². The maximum atomic E-state index is 12.5. The number of amides is 3. The maximum absolute atomic E-state index is 12.5. The average Bonchev–Trinajstić information content (AvgIpc) is 3.15. The summed E-state index contributed by atoms with van der Waals surface area (Å²) in [5, 5.41) is 3.41. The van der Waals surface area contributed by atoms with Gasteiger partial charge in [0, 0.05) is 19.3 Å². The van der Waals surface area contributed by atoms with E-state index in [9.17, 15) is 9.59 Å². The molecule has 2 heterocycles. The van der Waals surface area contributed by atoms with Crippen molar-refractivity contribution in [1.29, 1.82) is 0 Å². The summed E-state index contributed by atoms with van der Waals surface area (Å²) in [5.41, 5.74) is 0. The van der Waals surface area contributed by atoms with Crippen molar-refractivity contribution in [3.63, 3.8) is 0 Å². The first-order valence-electron chi connectivity index (χ1n) is 13.1. The van der Waals surface area contributed by atoms with E-state index in [0.29, 0.717) is 0 Å². The molecule has 0 aromatic rings. The van der Waals surface area contributed by atoms with Crippen molar-refractivity contribution < 1.29 is 9.59 Å². The smallest absolute Gasteiger partial charge is 0.325 e. The van der Waals surface area contributed by atoms with Gasteiger partial charge in [-0.15, -0.1) is 0 Å². The van der Waals surface area contributed by atoms with Gasteiger partial charge in [-0.2, -0.15) is 0 Å². The maximum Gasteiger partial charge on any atom is 0.325 e. The second-order valence-electron chi connectivity index (χ2n) is 9.31. The van der Waals surface area contributed by atoms with Gasteiger partial charge in [0.15, 0.2) is 17.4 Å². The SMILES string of the molecule is CCCCCCCCCCCCCCCCN1C(SCCC)=NC2C1C(=O)NC(=O)N2C. The number of carbonyl (C=O) groups is 2. The van der Waals surface area contributed by atoms with Crippen molar-refractivity contribution in [3.8, 4) is 0 Å². The minimum absolute atomic E-state index is 0.209. The Morgan fingerprint density at radius 1 is 0.812 bits per heavy atom. The summed E-state index contributed by atoms with van der Waals surface area (Å²) in [6.45, 7) is 5.26. The van der Waals surface area contributed by atoms with Crippen molar-refractivity contribution in [3.05, 3.63) is 0 Å². The Balaban J connectivity index is 1.59. The van der Waals surface area contributed by atoms with E-state index >= 15 is 0 Å². The molecule has 0 aliphatic carbocycles. The molecule has 1 fully saturated rings. The molecule has 7 heteroatoms. The van der Waals surface area contributed by atoms with Crippen LogP contribution in [0.4, 0.5) is 4.79 Å². The van der Waals surface area contributed by atoms with Gasteiger partial charge < -0.3 is 9.80 Å². The molecule has 2 aliphatic rings. The Hall–Kier alpha value is -1.24. The molecule has 6 nitrogen and oxygen atoms in total. The van der Waals surface area contributed by atoms with Crippen LogP contribution in [0.5, 0.6) is 0 Å². The molecule has 2 atom stereocenters. The predicted octanol–water partition coefficient (Wildman–Crippen LogP) is 6.16. The van der Waals surface area contributed by atoms with E-state index in [-0.39, 0.29) is 24.1 Å². The van der Waals surface area contributed by atoms with Gasteiger partial charge in [-0.25, -0.2) is 9.79 Å². The Labute approximate surface area is 200 Å². The Kier molecular flexibility index (Phi) is 13.1. The lowest BCUT2D eigenvalue weighted by Gasteiger charge is -2.36. The summed E-state index contributed by atoms with van der Waals surface area (Å²) in [5.74, 6) is 0.770. The molecule has 1 N–H and O–H groups in total. The fraction of sp³-hybridized carbons (Fsp3) is 0.880. The van der Waals surface area contributed by atoms with E-state index in [1.165, 1.54) is 83.5 Å². The highest BCUT2D eigenvalue weighted by Gasteiger charge is 2.48. The molecule has 0 spiro atoms. The van der Waals surface area contributed by atoms with Crippen LogP contribution in [0.2, 0.25) is 0 Å². The number of carbonyl (C=O) groups excluding carboxylic acids is 2. The number of aliphatic imine (C=N–C) groups is 1. The number of likely N-dealkylation sites (N-methyl/N-ethyl adjacent to an activating group) is 1. The van der Waals surface area contributed by atoms with Crippen LogP contribution in [0.1, 0.15) is 110 Å². The van der Waals surface area contributed by atoms with E-state index in [1.807, 2.05) is 0 Å². The highest BCUT2D eigenvalue weighted by Crippen LogP contribution is 2.29. The van der Waals surface area contributed by atoms with Gasteiger partial charge >= 0.3 is 6.03 Å². The minimum Gasteiger partial charge on any atom is -0.336 e. The monoisotopic (exact) mass is 466 g/mol. The fourth-order valence-electron chi connectivity index (χ4n) is 4.53. The first kappa shape index (κ1) is 27.0. The van der Waals surface area contributed by atoms with E-state index in [2.05, 4.69) is 24.1 Å². The number of thioether (sulfide) groups is 1. The summed E-state index contributed by atoms with van der Waals surface area (Å²) in [4.78, 5) is 32.9. The standard InChI is InChI=1S/C25H46N4O2S/c1-4-6-7-8-9-10-11-12-13-14-15-16-17-18-19-29-21-22(26-25(29)32-20-5-2)28(3)24(31)27-23(21)30/h21-22H,4-20H2,1-3H3,(H,27,30,31). The second-order valence-corrected chi connectivity index (χ2v) is 10.4. The number of hydrogen-bond acceptors (Lipinski definition) is 5. The third-order valence-corrected chi connectivity index (χ3v) is 7.72. The number of fused-ring (bicyclic) bond motifs is 1. The van der Waals surface area contributed by atoms with Gasteiger partial charge in [0.05, 0.1) is 0 Å². The number of unbranched alkanes of at least 4 members (excludes halogenated alkanes) is 13. The van der Waals surface area contributed by atoms with E-state index in [0.717, 1.165) is 30.3 Å². The highest BCUT2D eigenvalue weighted by atomic mass is 32.2. The van der Waals surface area contributed by atoms with Gasteiger partial charge in [0.25, 0.3) is 5.91 Å². The van der Waals surface area contributed by atoms with Crippen molar-refractivity contribution in [1.82, 2.24) is 15.1 Å². The zero-order valence-electron chi connectivity index (χ0n) is 20.7. The third-order valence-electron chi connectivity index (χ3n) is 6.51. The molecule has 184 valence electrons. The van der Waals surface area contributed by atoms with Crippen LogP contribution in [0.25, 0.3) is 0 Å². The number of rotatable bonds is 17. The first-order valence-corrected chi connectivity index (χ1v) is 14.1. The zero-order valence-corrected chi connectivity index (χ0v) is 21.6. The molecule has 2 unspecified atom stereocenters. The Bertz CT molecular complexity index is 598. The van der Waals surface area contributed by atoms with E-state index < -0.39 is 0 Å². The van der Waals surface area contributed by atoms with Gasteiger partial charge in [0.2, 0.25) is 0 Å². The van der Waals surface area contributed by atoms with Gasteiger partial charge in [0.1, 0.15) is 0 Å². The average molecular weight is 467 g/mol. The quantitative estimate of drug-likeness (QED) is 0.261. The topological polar surface area (TPSA) is 65.0 Å². The van der Waals surface area contributed by atoms with Crippen molar-refractivity contribution >= 4 is 28.9 Å². The number of urea groups is 1. The van der Waals surface area contributed by atoms with Crippen molar-refractivity contribution in [2.24, 2.45) is 4.99 Å². The fourth-order valence-corrected chi connectivity index (χ4v) is 5.47. The lowest BCUT2D eigenvalue weighted by Crippen LogP contribution is -2.63. The molecular weight excluding hydrogens is 420 g/mol. The summed E-state index contributed by atoms with van der Waals surface area (Å²) >= 11 is 1.71. The number of nitrogens with zero attached hydrogens (tertiary/aromatic N) is 3. The zero-order chi connectivity index (χ0) is 23.2. The lowest BCUT2D eigenvalue weighted by atomic mass is 10.0. The molecule has 0 saturated carbocycles. The van der Waals surface area contributed by atoms with Crippen LogP contribution in [-0.2, 0) is 4.79 Å². The third kappa shape index (κ3) is 8.60. The molecular formula is C25H46N4O2S. The minimum atomic E-state index is -0.387. The van der Waals surface area contributed by atoms with Gasteiger partial charge in [-0.3, -0.25) is 10.1 Å². The summed E-state index contributed by atoms with van der Waals surface area (Å²) < 4.78 is 0. The Morgan fingerprint density at radius 3 is 1.88 bits per heavy atom. The van der Waals surface area contributed by atoms with Gasteiger partial charge in [-0.1, -0.05) is 109 Å². The highest BCUT2D eigenvalue weighted by molar-refractivity contribution is 8.13. The second kappa shape index (κ2) is 15.6. The van der Waals surface area contributed by atoms with Crippen LogP contribution >= 0.6 is 11.8 Å².